The van der Waals surface area contributed by atoms with Crippen LogP contribution in [0.4, 0.5) is 0 Å². The maximum Gasteiger partial charge on any atom is 2.00 e. The molecule has 4 heteroatoms. The van der Waals surface area contributed by atoms with E-state index in [-0.39, 0.29) is 52.8 Å². The fraction of sp³-hybridized carbons (Fsp3) is 0.259. The third-order valence-electron chi connectivity index (χ3n) is 5.06. The van der Waals surface area contributed by atoms with Crippen molar-refractivity contribution in [3.8, 4) is 0 Å². The van der Waals surface area contributed by atoms with Gasteiger partial charge in [-0.2, -0.15) is 71.8 Å². The van der Waals surface area contributed by atoms with Gasteiger partial charge in [-0.3, -0.25) is 0 Å². The zero-order valence-corrected chi connectivity index (χ0v) is 19.9. The average molecular weight is 500 g/mol. The van der Waals surface area contributed by atoms with Gasteiger partial charge in [-0.25, -0.2) is 48.5 Å². The summed E-state index contributed by atoms with van der Waals surface area (Å²) in [6.45, 7) is 0.421. The molecule has 168 valence electrons. The minimum atomic E-state index is -0.0710. The van der Waals surface area contributed by atoms with Gasteiger partial charge in [0.25, 0.3) is 0 Å². The second-order valence-electron chi connectivity index (χ2n) is 7.01. The molecule has 0 aromatic heterocycles. The zero-order chi connectivity index (χ0) is 20.6. The van der Waals surface area contributed by atoms with Crippen LogP contribution in [0, 0.1) is 0 Å². The summed E-state index contributed by atoms with van der Waals surface area (Å²) in [5.74, 6) is 0. The number of hydrogen-bond donors (Lipinski definition) is 2. The van der Waals surface area contributed by atoms with Crippen LogP contribution in [0.3, 0.4) is 0 Å². The van der Waals surface area contributed by atoms with Crippen LogP contribution >= 0.6 is 0 Å². The van der Waals surface area contributed by atoms with Gasteiger partial charge in [0, 0.05) is 13.2 Å². The maximum absolute atomic E-state index is 9.20. The topological polar surface area (TPSA) is 40.5 Å². The predicted molar refractivity (Wildman–Crippen MR) is 122 cm³/mol. The molecule has 0 fully saturated rings. The van der Waals surface area contributed by atoms with E-state index in [1.54, 1.807) is 0 Å². The third-order valence-corrected chi connectivity index (χ3v) is 5.06. The van der Waals surface area contributed by atoms with E-state index in [0.29, 0.717) is 0 Å². The van der Waals surface area contributed by atoms with Crippen LogP contribution in [0.5, 0.6) is 0 Å². The minimum Gasteiger partial charge on any atom is -0.396 e. The Hall–Kier alpha value is -1.64. The fourth-order valence-electron chi connectivity index (χ4n) is 3.66. The Labute approximate surface area is 208 Å². The fourth-order valence-corrected chi connectivity index (χ4v) is 3.66. The molecule has 0 unspecified atom stereocenters. The Morgan fingerprint density at radius 3 is 1.19 bits per heavy atom. The summed E-state index contributed by atoms with van der Waals surface area (Å²) in [4.78, 5) is 0. The molecule has 0 aliphatic rings. The van der Waals surface area contributed by atoms with Crippen molar-refractivity contribution in [2.24, 2.45) is 0 Å². The van der Waals surface area contributed by atoms with Crippen LogP contribution in [0.25, 0.3) is 0 Å². The van der Waals surface area contributed by atoms with Crippen molar-refractivity contribution in [3.63, 3.8) is 0 Å². The van der Waals surface area contributed by atoms with Gasteiger partial charge in [0.15, 0.2) is 0 Å². The van der Waals surface area contributed by atoms with Crippen molar-refractivity contribution < 1.29 is 44.4 Å². The van der Waals surface area contributed by atoms with E-state index in [2.05, 4.69) is 48.5 Å². The molecule has 2 nitrogen and oxygen atoms in total. The number of aliphatic hydroxyl groups excluding tert-OH is 2. The average Bonchev–Trinajstić information content (AvgIpc) is 3.59. The Bertz CT molecular complexity index is 681. The summed E-state index contributed by atoms with van der Waals surface area (Å²) in [5.41, 5.74) is 2.51. The van der Waals surface area contributed by atoms with Crippen molar-refractivity contribution in [1.29, 1.82) is 0 Å². The molecule has 2 N–H and O–H groups in total. The molecule has 0 spiro atoms. The van der Waals surface area contributed by atoms with Gasteiger partial charge < -0.3 is 10.2 Å². The van der Waals surface area contributed by atoms with E-state index < -0.39 is 0 Å². The van der Waals surface area contributed by atoms with Crippen molar-refractivity contribution in [2.45, 2.75) is 31.1 Å². The van der Waals surface area contributed by atoms with Crippen molar-refractivity contribution in [2.75, 3.05) is 13.2 Å². The predicted octanol–water partition coefficient (Wildman–Crippen LogP) is 5.76. The van der Waals surface area contributed by atoms with Gasteiger partial charge in [0.05, 0.1) is 0 Å². The van der Waals surface area contributed by atoms with E-state index in [1.165, 1.54) is 11.1 Å². The summed E-state index contributed by atoms with van der Waals surface area (Å²) >= 11 is 0. The van der Waals surface area contributed by atoms with Crippen LogP contribution < -0.4 is 0 Å². The molecule has 31 heavy (non-hydrogen) atoms. The molecule has 0 heterocycles. The number of aliphatic hydroxyl groups is 2. The second kappa shape index (κ2) is 18.0. The SMILES string of the molecule is OCCCC(CCCO)(c1ccc[cH-]1)c1ccc[cH-]1.[Fe+2].[Fe+2].c1cc[cH-]c1.c1cc[cH-]c1. The van der Waals surface area contributed by atoms with Gasteiger partial charge in [-0.1, -0.05) is 0 Å². The molecule has 4 rings (SSSR count). The Morgan fingerprint density at radius 2 is 0.968 bits per heavy atom. The molecular weight excluding hydrogens is 468 g/mol. The molecule has 4 aromatic rings. The van der Waals surface area contributed by atoms with Crippen LogP contribution in [0.1, 0.15) is 36.8 Å². The summed E-state index contributed by atoms with van der Waals surface area (Å²) in [7, 11) is 0. The molecule has 0 saturated carbocycles. The van der Waals surface area contributed by atoms with Crippen LogP contribution in [0.15, 0.2) is 109 Å². The quantitative estimate of drug-likeness (QED) is 0.239. The monoisotopic (exact) mass is 500 g/mol. The van der Waals surface area contributed by atoms with E-state index in [9.17, 15) is 10.2 Å². The van der Waals surface area contributed by atoms with Crippen LogP contribution in [0.2, 0.25) is 0 Å². The van der Waals surface area contributed by atoms with Crippen LogP contribution in [-0.4, -0.2) is 23.4 Å². The van der Waals surface area contributed by atoms with Crippen molar-refractivity contribution in [1.82, 2.24) is 0 Å². The first kappa shape index (κ1) is 29.4. The van der Waals surface area contributed by atoms with Gasteiger partial charge in [0.2, 0.25) is 0 Å². The van der Waals surface area contributed by atoms with Crippen molar-refractivity contribution in [3.05, 3.63) is 120 Å². The van der Waals surface area contributed by atoms with Crippen LogP contribution in [-0.2, 0) is 39.6 Å². The standard InChI is InChI=1S/C17H22O2.2C5H5.2Fe/c18-13-5-11-17(12-6-14-19,15-7-1-2-8-15)16-9-3-4-10-16;2*1-2-4-5-3-1;;/h1-4,7-10,18-19H,5-6,11-14H2;2*1-5H;;/q-2;2*-1;2*+2. The van der Waals surface area contributed by atoms with Crippen molar-refractivity contribution >= 4 is 0 Å². The van der Waals surface area contributed by atoms with Gasteiger partial charge in [-0.05, 0) is 31.1 Å². The Kier molecular flexibility index (Phi) is 17.0. The Morgan fingerprint density at radius 1 is 0.581 bits per heavy atom. The molecule has 4 aromatic carbocycles. The zero-order valence-electron chi connectivity index (χ0n) is 17.7. The maximum atomic E-state index is 9.20. The molecule has 0 amide bonds. The first-order valence-electron chi connectivity index (χ1n) is 10.3. The summed E-state index contributed by atoms with van der Waals surface area (Å²) < 4.78 is 0. The van der Waals surface area contributed by atoms with Gasteiger partial charge >= 0.3 is 34.1 Å². The molecule has 0 saturated heterocycles. The third kappa shape index (κ3) is 10.0. The molecule has 0 atom stereocenters. The molecule has 0 aliphatic carbocycles. The van der Waals surface area contributed by atoms with E-state index in [1.807, 2.05) is 60.7 Å². The molecule has 0 radical (unpaired) electrons. The molecular formula is C27H32Fe2O2. The largest absolute Gasteiger partial charge is 2.00 e. The summed E-state index contributed by atoms with van der Waals surface area (Å²) in [6.07, 6.45) is 3.39. The number of rotatable bonds is 8. The second-order valence-corrected chi connectivity index (χ2v) is 7.01. The minimum absolute atomic E-state index is 0. The smallest absolute Gasteiger partial charge is 0.396 e. The van der Waals surface area contributed by atoms with Gasteiger partial charge in [-0.15, -0.1) is 0 Å². The molecule has 0 bridgehead atoms. The summed E-state index contributed by atoms with van der Waals surface area (Å²) in [6, 6.07) is 36.9. The first-order valence-corrected chi connectivity index (χ1v) is 10.3. The van der Waals surface area contributed by atoms with Gasteiger partial charge in [0.1, 0.15) is 0 Å². The van der Waals surface area contributed by atoms with E-state index in [4.69, 9.17) is 0 Å². The summed E-state index contributed by atoms with van der Waals surface area (Å²) in [5, 5.41) is 18.4. The normalized spacial score (nSPS) is 9.87. The van der Waals surface area contributed by atoms with E-state index >= 15 is 0 Å². The first-order chi connectivity index (χ1) is 14.3. The number of hydrogen-bond acceptors (Lipinski definition) is 2. The molecule has 0 aliphatic heterocycles. The van der Waals surface area contributed by atoms with E-state index in [0.717, 1.165) is 25.7 Å². The Balaban J connectivity index is 0.000000615.